The summed E-state index contributed by atoms with van der Waals surface area (Å²) >= 11 is 0. The third kappa shape index (κ3) is 1.14. The van der Waals surface area contributed by atoms with Crippen molar-refractivity contribution in [1.82, 2.24) is 5.32 Å². The van der Waals surface area contributed by atoms with E-state index in [1.807, 2.05) is 0 Å². The molecule has 0 aliphatic carbocycles. The zero-order chi connectivity index (χ0) is 11.3. The second-order valence-electron chi connectivity index (χ2n) is 3.24. The van der Waals surface area contributed by atoms with Crippen molar-refractivity contribution in [3.8, 4) is 0 Å². The maximum absolute atomic E-state index is 13.2. The van der Waals surface area contributed by atoms with Crippen molar-refractivity contribution in [3.05, 3.63) is 34.4 Å². The van der Waals surface area contributed by atoms with Gasteiger partial charge < -0.3 is 5.32 Å². The van der Waals surface area contributed by atoms with Gasteiger partial charge in [0.1, 0.15) is 0 Å². The molecule has 15 heavy (non-hydrogen) atoms. The summed E-state index contributed by atoms with van der Waals surface area (Å²) in [7, 11) is 0. The first-order valence-corrected chi connectivity index (χ1v) is 4.11. The van der Waals surface area contributed by atoms with Crippen LogP contribution < -0.4 is 5.32 Å². The molecule has 1 aliphatic rings. The number of carbonyl (C=O) groups excluding carboxylic acids is 1. The zero-order valence-electron chi connectivity index (χ0n) is 7.50. The number of carbonyl (C=O) groups is 1. The van der Waals surface area contributed by atoms with Gasteiger partial charge in [-0.3, -0.25) is 4.79 Å². The minimum atomic E-state index is -1.96. The van der Waals surface area contributed by atoms with Gasteiger partial charge in [0.15, 0.2) is 23.3 Å². The summed E-state index contributed by atoms with van der Waals surface area (Å²) in [4.78, 5) is 11.1. The molecule has 0 fully saturated rings. The van der Waals surface area contributed by atoms with E-state index < -0.39 is 46.3 Å². The minimum Gasteiger partial charge on any atom is -0.345 e. The van der Waals surface area contributed by atoms with E-state index in [2.05, 4.69) is 5.32 Å². The third-order valence-corrected chi connectivity index (χ3v) is 2.31. The van der Waals surface area contributed by atoms with Crippen LogP contribution in [-0.4, -0.2) is 5.91 Å². The van der Waals surface area contributed by atoms with Crippen LogP contribution in [0, 0.1) is 23.3 Å². The molecule has 1 amide bonds. The predicted octanol–water partition coefficient (Wildman–Crippen LogP) is 2.05. The van der Waals surface area contributed by atoms with Crippen LogP contribution in [0.3, 0.4) is 0 Å². The van der Waals surface area contributed by atoms with E-state index in [1.54, 1.807) is 0 Å². The molecule has 1 unspecified atom stereocenters. The number of halogens is 4. The number of rotatable bonds is 0. The molecule has 1 aromatic rings. The Morgan fingerprint density at radius 1 is 1.00 bits per heavy atom. The molecule has 0 aromatic heterocycles. The third-order valence-electron chi connectivity index (χ3n) is 2.31. The topological polar surface area (TPSA) is 29.1 Å². The van der Waals surface area contributed by atoms with Crippen molar-refractivity contribution >= 4 is 5.91 Å². The molecule has 1 heterocycles. The predicted molar refractivity (Wildman–Crippen MR) is 42.2 cm³/mol. The monoisotopic (exact) mass is 219 g/mol. The maximum Gasteiger partial charge on any atom is 0.255 e. The van der Waals surface area contributed by atoms with Gasteiger partial charge in [0.05, 0.1) is 11.6 Å². The van der Waals surface area contributed by atoms with Crippen molar-refractivity contribution in [1.29, 1.82) is 0 Å². The number of fused-ring (bicyclic) bond motifs is 1. The summed E-state index contributed by atoms with van der Waals surface area (Å²) < 4.78 is 51.9. The fraction of sp³-hybridized carbons (Fsp3) is 0.222. The van der Waals surface area contributed by atoms with Crippen molar-refractivity contribution in [2.45, 2.75) is 13.0 Å². The Hall–Kier alpha value is -1.59. The van der Waals surface area contributed by atoms with Crippen LogP contribution in [0.1, 0.15) is 28.9 Å². The number of nitrogens with one attached hydrogen (secondary N) is 1. The van der Waals surface area contributed by atoms with E-state index >= 15 is 0 Å². The van der Waals surface area contributed by atoms with Crippen LogP contribution in [0.15, 0.2) is 0 Å². The lowest BCUT2D eigenvalue weighted by atomic mass is 10.0. The molecule has 2 rings (SSSR count). The second kappa shape index (κ2) is 2.95. The lowest BCUT2D eigenvalue weighted by Gasteiger charge is -2.06. The molecular weight excluding hydrogens is 214 g/mol. The summed E-state index contributed by atoms with van der Waals surface area (Å²) in [5.74, 6) is -7.96. The number of amides is 1. The van der Waals surface area contributed by atoms with Crippen molar-refractivity contribution in [2.75, 3.05) is 0 Å². The first-order chi connectivity index (χ1) is 6.95. The first-order valence-electron chi connectivity index (χ1n) is 4.11. The largest absolute Gasteiger partial charge is 0.345 e. The standard InChI is InChI=1S/C9H5F4NO/c1-2-3-4(9(15)14-2)6(11)8(13)7(12)5(3)10/h2H,1H3,(H,14,15). The van der Waals surface area contributed by atoms with E-state index in [0.717, 1.165) is 0 Å². The van der Waals surface area contributed by atoms with Gasteiger partial charge in [-0.2, -0.15) is 0 Å². The van der Waals surface area contributed by atoms with Gasteiger partial charge in [-0.15, -0.1) is 0 Å². The molecule has 0 spiro atoms. The Bertz CT molecular complexity index is 472. The second-order valence-corrected chi connectivity index (χ2v) is 3.24. The summed E-state index contributed by atoms with van der Waals surface area (Å²) in [6.45, 7) is 1.35. The molecule has 0 bridgehead atoms. The van der Waals surface area contributed by atoms with Crippen LogP contribution in [0.5, 0.6) is 0 Å². The average molecular weight is 219 g/mol. The summed E-state index contributed by atoms with van der Waals surface area (Å²) in [6.07, 6.45) is 0. The highest BCUT2D eigenvalue weighted by Crippen LogP contribution is 2.32. The highest BCUT2D eigenvalue weighted by atomic mass is 19.2. The fourth-order valence-electron chi connectivity index (χ4n) is 1.62. The molecule has 0 radical (unpaired) electrons. The summed E-state index contributed by atoms with van der Waals surface area (Å²) in [6, 6.07) is -0.864. The molecule has 6 heteroatoms. The molecule has 1 atom stereocenters. The highest BCUT2D eigenvalue weighted by Gasteiger charge is 2.36. The van der Waals surface area contributed by atoms with Gasteiger partial charge in [0.2, 0.25) is 0 Å². The van der Waals surface area contributed by atoms with Gasteiger partial charge in [-0.25, -0.2) is 17.6 Å². The van der Waals surface area contributed by atoms with Crippen LogP contribution in [0.25, 0.3) is 0 Å². The summed E-state index contributed by atoms with van der Waals surface area (Å²) in [5.41, 5.74) is -1.21. The molecule has 0 saturated heterocycles. The average Bonchev–Trinajstić information content (AvgIpc) is 2.47. The molecule has 80 valence electrons. The Kier molecular flexibility index (Phi) is 1.95. The Morgan fingerprint density at radius 2 is 1.53 bits per heavy atom. The van der Waals surface area contributed by atoms with Crippen molar-refractivity contribution < 1.29 is 22.4 Å². The molecule has 2 nitrogen and oxygen atoms in total. The fourth-order valence-corrected chi connectivity index (χ4v) is 1.62. The van der Waals surface area contributed by atoms with Crippen molar-refractivity contribution in [2.24, 2.45) is 0 Å². The zero-order valence-corrected chi connectivity index (χ0v) is 7.50. The summed E-state index contributed by atoms with van der Waals surface area (Å²) in [5, 5.41) is 2.17. The van der Waals surface area contributed by atoms with Crippen molar-refractivity contribution in [3.63, 3.8) is 0 Å². The van der Waals surface area contributed by atoms with E-state index in [-0.39, 0.29) is 0 Å². The first kappa shape index (κ1) is 9.95. The van der Waals surface area contributed by atoms with E-state index in [4.69, 9.17) is 0 Å². The van der Waals surface area contributed by atoms with Gasteiger partial charge in [0.25, 0.3) is 5.91 Å². The van der Waals surface area contributed by atoms with Gasteiger partial charge in [-0.1, -0.05) is 0 Å². The normalized spacial score (nSPS) is 19.0. The number of hydrogen-bond acceptors (Lipinski definition) is 1. The smallest absolute Gasteiger partial charge is 0.255 e. The Balaban J connectivity index is 2.86. The molecule has 0 saturated carbocycles. The van der Waals surface area contributed by atoms with Crippen LogP contribution in [-0.2, 0) is 0 Å². The Morgan fingerprint density at radius 3 is 2.13 bits per heavy atom. The number of benzene rings is 1. The SMILES string of the molecule is CC1NC(=O)c2c(F)c(F)c(F)c(F)c21. The molecular formula is C9H5F4NO. The number of hydrogen-bond donors (Lipinski definition) is 1. The van der Waals surface area contributed by atoms with E-state index in [1.165, 1.54) is 6.92 Å². The lowest BCUT2D eigenvalue weighted by Crippen LogP contribution is -2.16. The Labute approximate surface area is 81.9 Å². The van der Waals surface area contributed by atoms with Crippen LogP contribution >= 0.6 is 0 Å². The minimum absolute atomic E-state index is 0.462. The lowest BCUT2D eigenvalue weighted by molar-refractivity contribution is 0.0954. The van der Waals surface area contributed by atoms with Crippen LogP contribution in [0.2, 0.25) is 0 Å². The van der Waals surface area contributed by atoms with Gasteiger partial charge in [0, 0.05) is 5.56 Å². The van der Waals surface area contributed by atoms with Gasteiger partial charge in [-0.05, 0) is 6.92 Å². The highest BCUT2D eigenvalue weighted by molar-refractivity contribution is 5.99. The molecule has 1 aliphatic heterocycles. The van der Waals surface area contributed by atoms with Gasteiger partial charge >= 0.3 is 0 Å². The van der Waals surface area contributed by atoms with E-state index in [0.29, 0.717) is 0 Å². The van der Waals surface area contributed by atoms with E-state index in [9.17, 15) is 22.4 Å². The van der Waals surface area contributed by atoms with Crippen LogP contribution in [0.4, 0.5) is 17.6 Å². The molecule has 1 aromatic carbocycles. The maximum atomic E-state index is 13.2. The quantitative estimate of drug-likeness (QED) is 0.404. The molecule has 1 N–H and O–H groups in total.